The van der Waals surface area contributed by atoms with Crippen LogP contribution in [0.4, 0.5) is 0 Å². The van der Waals surface area contributed by atoms with E-state index in [0.717, 1.165) is 44.1 Å². The molecule has 4 bridgehead atoms. The number of nitrogens with zero attached hydrogens (tertiary/aromatic N) is 2. The Morgan fingerprint density at radius 2 is 1.82 bits per heavy atom. The highest BCUT2D eigenvalue weighted by molar-refractivity contribution is 7.85. The van der Waals surface area contributed by atoms with Gasteiger partial charge in [0.25, 0.3) is 10.1 Å². The van der Waals surface area contributed by atoms with E-state index >= 15 is 0 Å². The van der Waals surface area contributed by atoms with Crippen LogP contribution in [-0.2, 0) is 19.7 Å². The molecule has 6 fully saturated rings. The smallest absolute Gasteiger partial charge is 0.294 e. The Hall–Kier alpha value is -2.52. The fourth-order valence-corrected chi connectivity index (χ4v) is 8.68. The second-order valence-electron chi connectivity index (χ2n) is 12.9. The number of hydrogen-bond donors (Lipinski definition) is 4. The van der Waals surface area contributed by atoms with Crippen LogP contribution in [0.25, 0.3) is 0 Å². The molecule has 2 amide bonds. The number of aliphatic hydroxyl groups is 1. The first-order chi connectivity index (χ1) is 18.9. The topological polar surface area (TPSA) is 160 Å². The number of rotatable bonds is 5. The van der Waals surface area contributed by atoms with Crippen LogP contribution in [0, 0.1) is 36.0 Å². The molecule has 1 aromatic rings. The molecule has 7 rings (SSSR count). The van der Waals surface area contributed by atoms with Crippen LogP contribution in [0.3, 0.4) is 0 Å². The van der Waals surface area contributed by atoms with Crippen molar-refractivity contribution in [2.45, 2.75) is 99.3 Å². The fourth-order valence-electron chi connectivity index (χ4n) is 8.20. The Balaban J connectivity index is 0.000000248. The van der Waals surface area contributed by atoms with Crippen molar-refractivity contribution in [3.63, 3.8) is 0 Å². The molecule has 0 spiro atoms. The van der Waals surface area contributed by atoms with Gasteiger partial charge in [0, 0.05) is 18.5 Å². The van der Waals surface area contributed by atoms with Gasteiger partial charge in [0.15, 0.2) is 0 Å². The molecule has 4 N–H and O–H groups in total. The lowest BCUT2D eigenvalue weighted by molar-refractivity contribution is -0.151. The first kappa shape index (κ1) is 29.0. The Bertz CT molecular complexity index is 1260. The molecule has 2 heterocycles. The van der Waals surface area contributed by atoms with E-state index in [9.17, 15) is 28.4 Å². The second kappa shape index (κ2) is 11.0. The van der Waals surface area contributed by atoms with Crippen molar-refractivity contribution in [2.75, 3.05) is 13.1 Å². The standard InChI is InChI=1S/C22H32N4O3.C7H8O3S/c23-11-17-2-1-3-26(17)20(28)18-5-14(12-24-18)6-19(27)25-21-7-15-4-16(8-21)10-22(29,9-15)13-21;1-6-2-4-7(5-3-6)11(8,9)10/h14-18,24,29H,1-10,12-13H2,(H,25,27);2-5H,1H3,(H,8,9,10)/t14-,15-,16+,17+,18+,21-,22?;/m1./s1. The summed E-state index contributed by atoms with van der Waals surface area (Å²) in [4.78, 5) is 27.3. The largest absolute Gasteiger partial charge is 0.390 e. The first-order valence-corrected chi connectivity index (χ1v) is 15.8. The summed E-state index contributed by atoms with van der Waals surface area (Å²) in [6.45, 7) is 3.17. The highest BCUT2D eigenvalue weighted by Crippen LogP contribution is 2.57. The Labute approximate surface area is 236 Å². The maximum Gasteiger partial charge on any atom is 0.294 e. The summed E-state index contributed by atoms with van der Waals surface area (Å²) < 4.78 is 29.6. The zero-order chi connectivity index (χ0) is 28.7. The molecule has 7 atom stereocenters. The zero-order valence-electron chi connectivity index (χ0n) is 23.0. The lowest BCUT2D eigenvalue weighted by Gasteiger charge is -2.60. The maximum atomic E-state index is 12.9. The van der Waals surface area contributed by atoms with E-state index in [2.05, 4.69) is 16.7 Å². The monoisotopic (exact) mass is 572 g/mol. The van der Waals surface area contributed by atoms with Crippen molar-refractivity contribution in [2.24, 2.45) is 17.8 Å². The molecule has 1 aromatic carbocycles. The summed E-state index contributed by atoms with van der Waals surface area (Å²) >= 11 is 0. The van der Waals surface area contributed by atoms with E-state index in [1.165, 1.54) is 18.6 Å². The highest BCUT2D eigenvalue weighted by Gasteiger charge is 2.57. The first-order valence-electron chi connectivity index (χ1n) is 14.4. The van der Waals surface area contributed by atoms with E-state index < -0.39 is 15.7 Å². The summed E-state index contributed by atoms with van der Waals surface area (Å²) in [7, 11) is -4.02. The summed E-state index contributed by atoms with van der Waals surface area (Å²) in [6, 6.07) is 7.64. The average Bonchev–Trinajstić information content (AvgIpc) is 3.51. The number of benzene rings is 1. The van der Waals surface area contributed by atoms with Gasteiger partial charge in [0.1, 0.15) is 6.04 Å². The number of nitrogens with one attached hydrogen (secondary N) is 2. The van der Waals surface area contributed by atoms with Crippen LogP contribution in [-0.4, -0.2) is 71.1 Å². The van der Waals surface area contributed by atoms with Gasteiger partial charge < -0.3 is 20.6 Å². The lowest BCUT2D eigenvalue weighted by atomic mass is 9.51. The van der Waals surface area contributed by atoms with Crippen LogP contribution >= 0.6 is 0 Å². The third-order valence-corrected chi connectivity index (χ3v) is 10.3. The van der Waals surface area contributed by atoms with Gasteiger partial charge in [-0.2, -0.15) is 13.7 Å². The Kier molecular flexibility index (Phi) is 8.00. The van der Waals surface area contributed by atoms with Gasteiger partial charge in [-0.3, -0.25) is 14.1 Å². The minimum atomic E-state index is -4.02. The second-order valence-corrected chi connectivity index (χ2v) is 14.3. The van der Waals surface area contributed by atoms with Crippen LogP contribution < -0.4 is 10.6 Å². The molecular formula is C29H40N4O6S. The molecule has 2 aliphatic heterocycles. The number of carbonyl (C=O) groups excluding carboxylic acids is 2. The van der Waals surface area contributed by atoms with E-state index in [-0.39, 0.29) is 40.3 Å². The SMILES string of the molecule is Cc1ccc(S(=O)(=O)O)cc1.N#C[C@@H]1CCCN1C(=O)[C@@H]1C[C@H](CC(=O)N[C@]23C[C@@H]4C[C@@H](CC(O)(C4)C2)C3)CN1. The lowest BCUT2D eigenvalue weighted by Crippen LogP contribution is -2.65. The number of likely N-dealkylation sites (tertiary alicyclic amines) is 1. The number of nitriles is 1. The summed E-state index contributed by atoms with van der Waals surface area (Å²) in [5.74, 6) is 1.31. The highest BCUT2D eigenvalue weighted by atomic mass is 32.2. The van der Waals surface area contributed by atoms with E-state index in [1.54, 1.807) is 17.0 Å². The van der Waals surface area contributed by atoms with Gasteiger partial charge in [-0.15, -0.1) is 0 Å². The fraction of sp³-hybridized carbons (Fsp3) is 0.690. The molecule has 40 heavy (non-hydrogen) atoms. The molecule has 6 aliphatic rings. The van der Waals surface area contributed by atoms with E-state index in [0.29, 0.717) is 44.2 Å². The molecule has 10 nitrogen and oxygen atoms in total. The van der Waals surface area contributed by atoms with E-state index in [1.807, 2.05) is 6.92 Å². The minimum absolute atomic E-state index is 0.0141. The minimum Gasteiger partial charge on any atom is -0.390 e. The van der Waals surface area contributed by atoms with Crippen molar-refractivity contribution in [3.8, 4) is 6.07 Å². The number of aryl methyl sites for hydroxylation is 1. The van der Waals surface area contributed by atoms with Crippen molar-refractivity contribution >= 4 is 21.9 Å². The predicted molar refractivity (Wildman–Crippen MR) is 146 cm³/mol. The van der Waals surface area contributed by atoms with Gasteiger partial charge >= 0.3 is 0 Å². The van der Waals surface area contributed by atoms with Gasteiger partial charge in [0.2, 0.25) is 11.8 Å². The van der Waals surface area contributed by atoms with Crippen molar-refractivity contribution in [1.82, 2.24) is 15.5 Å². The molecule has 1 unspecified atom stereocenters. The molecule has 11 heteroatoms. The molecule has 4 saturated carbocycles. The predicted octanol–water partition coefficient (Wildman–Crippen LogP) is 2.31. The maximum absolute atomic E-state index is 12.9. The zero-order valence-corrected chi connectivity index (χ0v) is 23.8. The molecule has 0 radical (unpaired) electrons. The Morgan fingerprint density at radius 1 is 1.15 bits per heavy atom. The Morgan fingerprint density at radius 3 is 2.42 bits per heavy atom. The molecule has 4 aliphatic carbocycles. The molecule has 2 saturated heterocycles. The summed E-state index contributed by atoms with van der Waals surface area (Å²) in [5.41, 5.74) is 0.168. The average molecular weight is 573 g/mol. The third-order valence-electron chi connectivity index (χ3n) is 9.43. The number of carbonyl (C=O) groups is 2. The van der Waals surface area contributed by atoms with Crippen LogP contribution in [0.15, 0.2) is 29.2 Å². The number of hydrogen-bond acceptors (Lipinski definition) is 7. The molecule has 0 aromatic heterocycles. The van der Waals surface area contributed by atoms with Crippen molar-refractivity contribution in [3.05, 3.63) is 29.8 Å². The molecule has 218 valence electrons. The van der Waals surface area contributed by atoms with Crippen LogP contribution in [0.1, 0.15) is 69.8 Å². The van der Waals surface area contributed by atoms with Crippen molar-refractivity contribution in [1.29, 1.82) is 5.26 Å². The van der Waals surface area contributed by atoms with Gasteiger partial charge in [-0.1, -0.05) is 17.7 Å². The van der Waals surface area contributed by atoms with Gasteiger partial charge in [0.05, 0.1) is 22.6 Å². The number of amides is 2. The van der Waals surface area contributed by atoms with Gasteiger partial charge in [-0.25, -0.2) is 0 Å². The van der Waals surface area contributed by atoms with Crippen molar-refractivity contribution < 1.29 is 27.7 Å². The summed E-state index contributed by atoms with van der Waals surface area (Å²) in [6.07, 6.45) is 8.45. The normalized spacial score (nSPS) is 36.0. The van der Waals surface area contributed by atoms with Crippen LogP contribution in [0.2, 0.25) is 0 Å². The quantitative estimate of drug-likeness (QED) is 0.391. The van der Waals surface area contributed by atoms with Gasteiger partial charge in [-0.05, 0) is 101 Å². The van der Waals surface area contributed by atoms with Crippen LogP contribution in [0.5, 0.6) is 0 Å². The third kappa shape index (κ3) is 6.35. The van der Waals surface area contributed by atoms with E-state index in [4.69, 9.17) is 4.55 Å². The molecular weight excluding hydrogens is 532 g/mol. The summed E-state index contributed by atoms with van der Waals surface area (Å²) in [5, 5.41) is 26.7.